The monoisotopic (exact) mass is 374 g/mol. The summed E-state index contributed by atoms with van der Waals surface area (Å²) in [5.74, 6) is 0. The van der Waals surface area contributed by atoms with Gasteiger partial charge in [-0.1, -0.05) is 0 Å². The Labute approximate surface area is 143 Å². The van der Waals surface area contributed by atoms with Crippen molar-refractivity contribution in [1.82, 2.24) is 10.2 Å². The van der Waals surface area contributed by atoms with Crippen LogP contribution < -0.4 is 11.1 Å². The predicted molar refractivity (Wildman–Crippen MR) is 98.0 cm³/mol. The van der Waals surface area contributed by atoms with E-state index in [4.69, 9.17) is 5.73 Å². The van der Waals surface area contributed by atoms with Gasteiger partial charge in [0.1, 0.15) is 0 Å². The van der Waals surface area contributed by atoms with Crippen LogP contribution in [-0.4, -0.2) is 24.7 Å². The molecule has 1 heterocycles. The second kappa shape index (κ2) is 9.26. The summed E-state index contributed by atoms with van der Waals surface area (Å²) >= 11 is 0.0658. The molecule has 0 aliphatic rings. The van der Waals surface area contributed by atoms with E-state index >= 15 is 0 Å². The van der Waals surface area contributed by atoms with E-state index in [-0.39, 0.29) is 20.5 Å². The van der Waals surface area contributed by atoms with Gasteiger partial charge in [-0.2, -0.15) is 0 Å². The molecule has 0 aliphatic heterocycles. The third kappa shape index (κ3) is 5.99. The summed E-state index contributed by atoms with van der Waals surface area (Å²) in [7, 11) is 0. The summed E-state index contributed by atoms with van der Waals surface area (Å²) in [5.41, 5.74) is 8.54. The quantitative estimate of drug-likeness (QED) is 0.573. The molecule has 0 bridgehead atoms. The van der Waals surface area contributed by atoms with Crippen LogP contribution in [0.4, 0.5) is 10.4 Å². The first-order chi connectivity index (χ1) is 11.2. The summed E-state index contributed by atoms with van der Waals surface area (Å²) in [6, 6.07) is 9.94. The molecule has 1 aromatic carbocycles. The van der Waals surface area contributed by atoms with Gasteiger partial charge in [-0.15, -0.1) is 0 Å². The Morgan fingerprint density at radius 2 is 2.00 bits per heavy atom. The second-order valence-electron chi connectivity index (χ2n) is 5.17. The van der Waals surface area contributed by atoms with Crippen LogP contribution in [-0.2, 0) is 0 Å². The zero-order valence-corrected chi connectivity index (χ0v) is 15.2. The first-order valence-corrected chi connectivity index (χ1v) is 9.26. The molecule has 0 amide bonds. The van der Waals surface area contributed by atoms with E-state index in [9.17, 15) is 0 Å². The summed E-state index contributed by atoms with van der Waals surface area (Å²) in [6.45, 7) is 4.09. The number of nitrogens with zero attached hydrogens (tertiary/aromatic N) is 2. The van der Waals surface area contributed by atoms with Crippen LogP contribution in [0.5, 0.6) is 0 Å². The number of aromatic nitrogens is 2. The number of allylic oxidation sites excluding steroid dienone is 5. The van der Waals surface area contributed by atoms with Gasteiger partial charge in [0.05, 0.1) is 0 Å². The number of nitrogens with one attached hydrogen (secondary N) is 1. The molecule has 0 spiro atoms. The van der Waals surface area contributed by atoms with Gasteiger partial charge < -0.3 is 0 Å². The molecular formula is C18H22N4Se. The minimum atomic E-state index is -0.0693. The van der Waals surface area contributed by atoms with Crippen LogP contribution in [0.3, 0.4) is 0 Å². The fourth-order valence-corrected chi connectivity index (χ4v) is 3.58. The minimum absolute atomic E-state index is 0.0658. The average molecular weight is 373 g/mol. The maximum absolute atomic E-state index is 6.27. The van der Waals surface area contributed by atoms with E-state index in [1.165, 1.54) is 5.57 Å². The zero-order valence-electron chi connectivity index (χ0n) is 13.4. The molecular weight excluding hydrogens is 351 g/mol. The summed E-state index contributed by atoms with van der Waals surface area (Å²) < 4.78 is 1.89. The van der Waals surface area contributed by atoms with Crippen molar-refractivity contribution in [3.8, 4) is 0 Å². The Hall–Kier alpha value is -1.94. The van der Waals surface area contributed by atoms with Gasteiger partial charge >= 0.3 is 143 Å². The van der Waals surface area contributed by atoms with E-state index < -0.39 is 0 Å². The Morgan fingerprint density at radius 1 is 1.22 bits per heavy atom. The van der Waals surface area contributed by atoms with Crippen LogP contribution in [0.2, 0.25) is 0 Å². The maximum atomic E-state index is 6.27. The molecule has 1 aromatic heterocycles. The first kappa shape index (κ1) is 17.4. The second-order valence-corrected chi connectivity index (χ2v) is 7.29. The topological polar surface area (TPSA) is 63.8 Å². The van der Waals surface area contributed by atoms with Crippen molar-refractivity contribution in [2.75, 3.05) is 5.32 Å². The summed E-state index contributed by atoms with van der Waals surface area (Å²) in [5, 5.41) is 11.8. The first-order valence-electron chi connectivity index (χ1n) is 7.55. The number of nitrogens with two attached hydrogens (primary N) is 1. The molecule has 0 saturated carbocycles. The molecule has 0 radical (unpaired) electrons. The molecule has 3 N–H and O–H groups in total. The van der Waals surface area contributed by atoms with E-state index in [2.05, 4.69) is 28.5 Å². The number of anilines is 2. The molecule has 0 fully saturated rings. The third-order valence-corrected chi connectivity index (χ3v) is 5.16. The zero-order chi connectivity index (χ0) is 16.5. The predicted octanol–water partition coefficient (Wildman–Crippen LogP) is 3.75. The van der Waals surface area contributed by atoms with Crippen LogP contribution >= 0.6 is 0 Å². The van der Waals surface area contributed by atoms with E-state index in [1.54, 1.807) is 0 Å². The van der Waals surface area contributed by atoms with Crippen molar-refractivity contribution < 1.29 is 0 Å². The molecule has 2 rings (SSSR count). The van der Waals surface area contributed by atoms with Gasteiger partial charge in [0, 0.05) is 0 Å². The summed E-state index contributed by atoms with van der Waals surface area (Å²) in [4.78, 5) is 0. The van der Waals surface area contributed by atoms with Crippen molar-refractivity contribution in [3.63, 3.8) is 0 Å². The van der Waals surface area contributed by atoms with Crippen LogP contribution in [0.25, 0.3) is 0 Å². The Morgan fingerprint density at radius 3 is 2.74 bits per heavy atom. The normalized spacial score (nSPS) is 13.8. The number of benzene rings is 1. The van der Waals surface area contributed by atoms with Crippen molar-refractivity contribution in [3.05, 3.63) is 70.9 Å². The molecule has 2 aromatic rings. The van der Waals surface area contributed by atoms with Gasteiger partial charge in [0.15, 0.2) is 0 Å². The molecule has 5 heteroatoms. The summed E-state index contributed by atoms with van der Waals surface area (Å²) in [6.07, 6.45) is 10.9. The number of hydrogen-bond acceptors (Lipinski definition) is 4. The SMILES string of the molecule is C\C=C/C=C\C=C(/C)CC(N)c1nnc(Nc2ccccc2)[se]1. The number of rotatable bonds is 7. The van der Waals surface area contributed by atoms with Gasteiger partial charge in [-0.25, -0.2) is 0 Å². The van der Waals surface area contributed by atoms with E-state index in [1.807, 2.05) is 61.6 Å². The molecule has 120 valence electrons. The fourth-order valence-electron chi connectivity index (χ4n) is 1.98. The van der Waals surface area contributed by atoms with Crippen molar-refractivity contribution in [2.45, 2.75) is 26.3 Å². The van der Waals surface area contributed by atoms with Gasteiger partial charge in [-0.05, 0) is 0 Å². The third-order valence-electron chi connectivity index (χ3n) is 3.12. The molecule has 1 atom stereocenters. The Kier molecular flexibility index (Phi) is 7.01. The van der Waals surface area contributed by atoms with Crippen LogP contribution in [0.1, 0.15) is 30.9 Å². The number of para-hydroxylation sites is 1. The molecule has 4 nitrogen and oxygen atoms in total. The van der Waals surface area contributed by atoms with Crippen LogP contribution in [0, 0.1) is 0 Å². The van der Waals surface area contributed by atoms with Gasteiger partial charge in [0.2, 0.25) is 0 Å². The van der Waals surface area contributed by atoms with Gasteiger partial charge in [-0.3, -0.25) is 0 Å². The molecule has 0 saturated heterocycles. The Bertz CT molecular complexity index is 686. The van der Waals surface area contributed by atoms with Crippen molar-refractivity contribution >= 4 is 24.9 Å². The van der Waals surface area contributed by atoms with E-state index in [0.29, 0.717) is 0 Å². The molecule has 0 aliphatic carbocycles. The molecule has 23 heavy (non-hydrogen) atoms. The van der Waals surface area contributed by atoms with E-state index in [0.717, 1.165) is 21.4 Å². The van der Waals surface area contributed by atoms with Crippen LogP contribution in [0.15, 0.2) is 66.3 Å². The molecule has 1 unspecified atom stereocenters. The Balaban J connectivity index is 1.94. The van der Waals surface area contributed by atoms with Crippen molar-refractivity contribution in [2.24, 2.45) is 5.73 Å². The van der Waals surface area contributed by atoms with Gasteiger partial charge in [0.25, 0.3) is 0 Å². The number of hydrogen-bond donors (Lipinski definition) is 2. The average Bonchev–Trinajstić information content (AvgIpc) is 3.01. The van der Waals surface area contributed by atoms with Crippen molar-refractivity contribution in [1.29, 1.82) is 0 Å². The standard InChI is InChI=1S/C18H22N4Se/c1-3-4-5-7-10-14(2)13-16(19)17-21-22-18(23-17)20-15-11-8-6-9-12-15/h3-12,16H,13,19H2,1-2H3,(H,20,22)/b4-3-,7-5-,14-10+. The fraction of sp³-hybridized carbons (Fsp3) is 0.222.